The molecule has 2 heterocycles. The van der Waals surface area contributed by atoms with Crippen LogP contribution < -0.4 is 5.32 Å². The molecule has 0 aromatic heterocycles. The third kappa shape index (κ3) is 4.73. The second-order valence-corrected chi connectivity index (χ2v) is 6.99. The van der Waals surface area contributed by atoms with E-state index in [0.717, 1.165) is 17.9 Å². The second kappa shape index (κ2) is 7.61. The molecule has 2 aliphatic rings. The summed E-state index contributed by atoms with van der Waals surface area (Å²) in [5.74, 6) is 1.69. The highest BCUT2D eigenvalue weighted by Gasteiger charge is 2.28. The Hall–Kier alpha value is -0.120. The van der Waals surface area contributed by atoms with Crippen molar-refractivity contribution in [3.05, 3.63) is 0 Å². The van der Waals surface area contributed by atoms with Gasteiger partial charge in [-0.05, 0) is 70.7 Å². The van der Waals surface area contributed by atoms with Crippen LogP contribution in [0.3, 0.4) is 0 Å². The molecule has 2 fully saturated rings. The number of rotatable bonds is 5. The van der Waals surface area contributed by atoms with Crippen molar-refractivity contribution in [2.24, 2.45) is 11.8 Å². The maximum Gasteiger partial charge on any atom is 0.0120 e. The van der Waals surface area contributed by atoms with Gasteiger partial charge in [0.15, 0.2) is 0 Å². The van der Waals surface area contributed by atoms with Gasteiger partial charge in [-0.2, -0.15) is 0 Å². The molecule has 0 aliphatic carbocycles. The molecule has 0 aromatic carbocycles. The van der Waals surface area contributed by atoms with E-state index in [0.29, 0.717) is 0 Å². The highest BCUT2D eigenvalue weighted by Crippen LogP contribution is 2.23. The molecule has 3 heteroatoms. The lowest BCUT2D eigenvalue weighted by Crippen LogP contribution is -2.49. The molecule has 2 aliphatic heterocycles. The molecule has 0 radical (unpaired) electrons. The Morgan fingerprint density at radius 2 is 1.84 bits per heavy atom. The van der Waals surface area contributed by atoms with Crippen molar-refractivity contribution in [1.29, 1.82) is 0 Å². The van der Waals surface area contributed by atoms with Crippen LogP contribution in [0.5, 0.6) is 0 Å². The summed E-state index contributed by atoms with van der Waals surface area (Å²) in [6.07, 6.45) is 5.60. The zero-order valence-electron chi connectivity index (χ0n) is 13.2. The van der Waals surface area contributed by atoms with E-state index < -0.39 is 0 Å². The minimum atomic E-state index is 0.812. The average Bonchev–Trinajstić information content (AvgIpc) is 2.40. The first kappa shape index (κ1) is 15.3. The summed E-state index contributed by atoms with van der Waals surface area (Å²) in [6, 6.07) is 0.864. The van der Waals surface area contributed by atoms with Crippen LogP contribution in [0.2, 0.25) is 0 Å². The standard InChI is InChI=1S/C16H33N3/c1-14(2)12-18-9-6-16(7-10-18)19-8-4-5-15(13-19)11-17-3/h14-17H,4-13H2,1-3H3. The smallest absolute Gasteiger partial charge is 0.0120 e. The zero-order valence-corrected chi connectivity index (χ0v) is 13.2. The van der Waals surface area contributed by atoms with Crippen molar-refractivity contribution >= 4 is 0 Å². The van der Waals surface area contributed by atoms with Gasteiger partial charge in [0.05, 0.1) is 0 Å². The third-order valence-electron chi connectivity index (χ3n) is 4.74. The van der Waals surface area contributed by atoms with E-state index in [1.165, 1.54) is 65.0 Å². The van der Waals surface area contributed by atoms with Gasteiger partial charge in [-0.3, -0.25) is 4.90 Å². The minimum absolute atomic E-state index is 0.812. The first-order valence-electron chi connectivity index (χ1n) is 8.30. The quantitative estimate of drug-likeness (QED) is 0.822. The van der Waals surface area contributed by atoms with Gasteiger partial charge in [0.2, 0.25) is 0 Å². The van der Waals surface area contributed by atoms with Gasteiger partial charge in [-0.1, -0.05) is 13.8 Å². The SMILES string of the molecule is CNCC1CCCN(C2CCN(CC(C)C)CC2)C1. The lowest BCUT2D eigenvalue weighted by atomic mass is 9.93. The fourth-order valence-corrected chi connectivity index (χ4v) is 3.87. The summed E-state index contributed by atoms with van der Waals surface area (Å²) in [5.41, 5.74) is 0. The minimum Gasteiger partial charge on any atom is -0.319 e. The van der Waals surface area contributed by atoms with E-state index in [-0.39, 0.29) is 0 Å². The van der Waals surface area contributed by atoms with Gasteiger partial charge in [-0.25, -0.2) is 0 Å². The number of likely N-dealkylation sites (tertiary alicyclic amines) is 2. The Labute approximate surface area is 119 Å². The number of nitrogens with one attached hydrogen (secondary N) is 1. The van der Waals surface area contributed by atoms with Crippen LogP contribution in [0.4, 0.5) is 0 Å². The van der Waals surface area contributed by atoms with Crippen molar-refractivity contribution in [2.75, 3.05) is 46.3 Å². The van der Waals surface area contributed by atoms with E-state index in [1.807, 2.05) is 0 Å². The summed E-state index contributed by atoms with van der Waals surface area (Å²) in [6.45, 7) is 12.5. The van der Waals surface area contributed by atoms with Crippen LogP contribution in [0.15, 0.2) is 0 Å². The van der Waals surface area contributed by atoms with Crippen LogP contribution in [-0.2, 0) is 0 Å². The van der Waals surface area contributed by atoms with Gasteiger partial charge < -0.3 is 10.2 Å². The van der Waals surface area contributed by atoms with Crippen LogP contribution in [0.1, 0.15) is 39.5 Å². The van der Waals surface area contributed by atoms with Gasteiger partial charge >= 0.3 is 0 Å². The van der Waals surface area contributed by atoms with Crippen molar-refractivity contribution in [1.82, 2.24) is 15.1 Å². The topological polar surface area (TPSA) is 18.5 Å². The number of piperidine rings is 2. The molecule has 1 unspecified atom stereocenters. The largest absolute Gasteiger partial charge is 0.319 e. The Kier molecular flexibility index (Phi) is 6.11. The predicted octanol–water partition coefficient (Wildman–Crippen LogP) is 2.04. The molecular formula is C16H33N3. The Balaban J connectivity index is 1.74. The van der Waals surface area contributed by atoms with Crippen LogP contribution in [-0.4, -0.2) is 62.2 Å². The highest BCUT2D eigenvalue weighted by molar-refractivity contribution is 4.84. The summed E-state index contributed by atoms with van der Waals surface area (Å²) < 4.78 is 0. The average molecular weight is 267 g/mol. The van der Waals surface area contributed by atoms with Crippen LogP contribution in [0.25, 0.3) is 0 Å². The number of hydrogen-bond donors (Lipinski definition) is 1. The molecule has 19 heavy (non-hydrogen) atoms. The first-order valence-corrected chi connectivity index (χ1v) is 8.30. The molecule has 0 amide bonds. The van der Waals surface area contributed by atoms with E-state index in [9.17, 15) is 0 Å². The molecule has 0 aromatic rings. The molecule has 3 nitrogen and oxygen atoms in total. The Morgan fingerprint density at radius 3 is 2.47 bits per heavy atom. The summed E-state index contributed by atoms with van der Waals surface area (Å²) in [5, 5.41) is 3.35. The lowest BCUT2D eigenvalue weighted by molar-refractivity contribution is 0.0683. The highest BCUT2D eigenvalue weighted by atomic mass is 15.2. The second-order valence-electron chi connectivity index (χ2n) is 6.99. The summed E-state index contributed by atoms with van der Waals surface area (Å²) in [4.78, 5) is 5.45. The van der Waals surface area contributed by atoms with Crippen molar-refractivity contribution in [3.63, 3.8) is 0 Å². The van der Waals surface area contributed by atoms with Crippen LogP contribution >= 0.6 is 0 Å². The van der Waals surface area contributed by atoms with Gasteiger partial charge in [0.25, 0.3) is 0 Å². The van der Waals surface area contributed by atoms with Crippen molar-refractivity contribution in [3.8, 4) is 0 Å². The number of nitrogens with zero attached hydrogens (tertiary/aromatic N) is 2. The van der Waals surface area contributed by atoms with Gasteiger partial charge in [0.1, 0.15) is 0 Å². The molecule has 112 valence electrons. The third-order valence-corrected chi connectivity index (χ3v) is 4.74. The number of hydrogen-bond acceptors (Lipinski definition) is 3. The molecule has 0 saturated carbocycles. The molecule has 1 N–H and O–H groups in total. The molecule has 1 atom stereocenters. The molecular weight excluding hydrogens is 234 g/mol. The molecule has 2 saturated heterocycles. The maximum absolute atomic E-state index is 3.35. The maximum atomic E-state index is 3.35. The van der Waals surface area contributed by atoms with Gasteiger partial charge in [-0.15, -0.1) is 0 Å². The normalized spacial score (nSPS) is 28.1. The fraction of sp³-hybridized carbons (Fsp3) is 1.00. The Bertz CT molecular complexity index is 244. The molecule has 0 bridgehead atoms. The van der Waals surface area contributed by atoms with Gasteiger partial charge in [0, 0.05) is 19.1 Å². The molecule has 0 spiro atoms. The Morgan fingerprint density at radius 1 is 1.11 bits per heavy atom. The summed E-state index contributed by atoms with van der Waals surface area (Å²) >= 11 is 0. The van der Waals surface area contributed by atoms with E-state index in [2.05, 4.69) is 36.0 Å². The summed E-state index contributed by atoms with van der Waals surface area (Å²) in [7, 11) is 2.09. The monoisotopic (exact) mass is 267 g/mol. The zero-order chi connectivity index (χ0) is 13.7. The first-order chi connectivity index (χ1) is 9.19. The van der Waals surface area contributed by atoms with E-state index >= 15 is 0 Å². The predicted molar refractivity (Wildman–Crippen MR) is 82.5 cm³/mol. The lowest BCUT2D eigenvalue weighted by Gasteiger charge is -2.42. The van der Waals surface area contributed by atoms with Crippen molar-refractivity contribution < 1.29 is 0 Å². The van der Waals surface area contributed by atoms with E-state index in [4.69, 9.17) is 0 Å². The molecule has 2 rings (SSSR count). The van der Waals surface area contributed by atoms with Crippen molar-refractivity contribution in [2.45, 2.75) is 45.6 Å². The van der Waals surface area contributed by atoms with E-state index in [1.54, 1.807) is 0 Å². The fourth-order valence-electron chi connectivity index (χ4n) is 3.87. The van der Waals surface area contributed by atoms with Crippen LogP contribution in [0, 0.1) is 11.8 Å².